The first-order valence-electron chi connectivity index (χ1n) is 25.1. The number of amides is 1. The van der Waals surface area contributed by atoms with Crippen molar-refractivity contribution in [3.05, 3.63) is 0 Å². The largest absolute Gasteiger partial charge is 0.480 e. The number of unbranched alkanes of at least 4 members (excludes halogenated alkanes) is 34. The van der Waals surface area contributed by atoms with Crippen LogP contribution in [-0.4, -0.2) is 64.9 Å². The molecule has 3 unspecified atom stereocenters. The predicted molar refractivity (Wildman–Crippen MR) is 245 cm³/mol. The summed E-state index contributed by atoms with van der Waals surface area (Å²) in [6.45, 7) is 2.65. The van der Waals surface area contributed by atoms with Crippen molar-refractivity contribution in [1.29, 1.82) is 0 Å². The molecule has 3 atom stereocenters. The number of aliphatic carboxylic acids is 1. The van der Waals surface area contributed by atoms with E-state index in [2.05, 4.69) is 19.2 Å². The summed E-state index contributed by atoms with van der Waals surface area (Å²) in [4.78, 5) is 46.1. The van der Waals surface area contributed by atoms with Crippen molar-refractivity contribution in [2.24, 2.45) is 0 Å². The SMILES string of the molecule is CCCCCCCCCCCCCCCCCCCCCC(=O)NC(COP(=O)(O)OCC(O)COC(=O)CCCCCCCCCCCCCCCCCCC)C(=O)O. The molecule has 11 nitrogen and oxygen atoms in total. The molecule has 0 aromatic rings. The van der Waals surface area contributed by atoms with Gasteiger partial charge in [0.05, 0.1) is 13.2 Å². The lowest BCUT2D eigenvalue weighted by molar-refractivity contribution is -0.147. The molecule has 0 radical (unpaired) electrons. The van der Waals surface area contributed by atoms with E-state index < -0.39 is 57.6 Å². The Labute approximate surface area is 367 Å². The van der Waals surface area contributed by atoms with Gasteiger partial charge in [0.1, 0.15) is 12.7 Å². The molecule has 0 fully saturated rings. The fourth-order valence-corrected chi connectivity index (χ4v) is 8.27. The van der Waals surface area contributed by atoms with Crippen LogP contribution in [0.25, 0.3) is 0 Å². The molecule has 0 aromatic heterocycles. The van der Waals surface area contributed by atoms with Crippen LogP contribution in [0.15, 0.2) is 0 Å². The Hall–Kier alpha value is -1.52. The number of carbonyl (C=O) groups excluding carboxylic acids is 2. The first-order valence-corrected chi connectivity index (χ1v) is 26.6. The van der Waals surface area contributed by atoms with Crippen LogP contribution in [0.3, 0.4) is 0 Å². The number of phosphoric ester groups is 1. The fourth-order valence-electron chi connectivity index (χ4n) is 7.50. The molecule has 0 aromatic carbocycles. The number of ether oxygens (including phenoxy) is 1. The van der Waals surface area contributed by atoms with Crippen molar-refractivity contribution in [2.75, 3.05) is 19.8 Å². The molecule has 356 valence electrons. The maximum absolute atomic E-state index is 12.4. The molecule has 0 saturated carbocycles. The highest BCUT2D eigenvalue weighted by molar-refractivity contribution is 7.47. The molecular formula is C48H94NO10P. The summed E-state index contributed by atoms with van der Waals surface area (Å²) in [6.07, 6.45) is 44.1. The number of carbonyl (C=O) groups is 3. The molecule has 0 rings (SSSR count). The van der Waals surface area contributed by atoms with Crippen molar-refractivity contribution < 1.29 is 47.8 Å². The van der Waals surface area contributed by atoms with Gasteiger partial charge in [-0.1, -0.05) is 232 Å². The Morgan fingerprint density at radius 1 is 0.467 bits per heavy atom. The molecule has 0 aliphatic heterocycles. The van der Waals surface area contributed by atoms with E-state index in [1.807, 2.05) is 0 Å². The second-order valence-electron chi connectivity index (χ2n) is 17.4. The first kappa shape index (κ1) is 58.5. The minimum absolute atomic E-state index is 0.153. The van der Waals surface area contributed by atoms with Crippen LogP contribution < -0.4 is 5.32 Å². The minimum atomic E-state index is -4.75. The van der Waals surface area contributed by atoms with Crippen LogP contribution in [0, 0.1) is 0 Å². The molecule has 4 N–H and O–H groups in total. The van der Waals surface area contributed by atoms with Gasteiger partial charge in [0, 0.05) is 12.8 Å². The van der Waals surface area contributed by atoms with Gasteiger partial charge < -0.3 is 25.2 Å². The van der Waals surface area contributed by atoms with Crippen molar-refractivity contribution in [3.8, 4) is 0 Å². The first-order chi connectivity index (χ1) is 29.1. The van der Waals surface area contributed by atoms with Gasteiger partial charge in [0.25, 0.3) is 0 Å². The fraction of sp³-hybridized carbons (Fsp3) is 0.938. The third kappa shape index (κ3) is 43.1. The van der Waals surface area contributed by atoms with Gasteiger partial charge in [-0.3, -0.25) is 18.6 Å². The highest BCUT2D eigenvalue weighted by Crippen LogP contribution is 2.43. The number of hydrogen-bond acceptors (Lipinski definition) is 8. The van der Waals surface area contributed by atoms with E-state index in [1.165, 1.54) is 180 Å². The van der Waals surface area contributed by atoms with Gasteiger partial charge in [0.2, 0.25) is 5.91 Å². The number of aliphatic hydroxyl groups excluding tert-OH is 1. The molecule has 0 heterocycles. The Morgan fingerprint density at radius 2 is 0.767 bits per heavy atom. The van der Waals surface area contributed by atoms with Crippen molar-refractivity contribution in [3.63, 3.8) is 0 Å². The zero-order valence-corrected chi connectivity index (χ0v) is 39.7. The Balaban J connectivity index is 3.80. The topological polar surface area (TPSA) is 169 Å². The van der Waals surface area contributed by atoms with E-state index >= 15 is 0 Å². The number of carboxylic acid groups (broad SMARTS) is 1. The highest BCUT2D eigenvalue weighted by atomic mass is 31.2. The third-order valence-electron chi connectivity index (χ3n) is 11.4. The lowest BCUT2D eigenvalue weighted by Gasteiger charge is -2.18. The molecule has 0 saturated heterocycles. The average Bonchev–Trinajstić information content (AvgIpc) is 3.22. The summed E-state index contributed by atoms with van der Waals surface area (Å²) in [7, 11) is -4.75. The Kier molecular flexibility index (Phi) is 43.0. The van der Waals surface area contributed by atoms with Crippen LogP contribution in [0.5, 0.6) is 0 Å². The van der Waals surface area contributed by atoms with Gasteiger partial charge in [-0.15, -0.1) is 0 Å². The predicted octanol–water partition coefficient (Wildman–Crippen LogP) is 13.5. The summed E-state index contributed by atoms with van der Waals surface area (Å²) < 4.78 is 26.9. The quantitative estimate of drug-likeness (QED) is 0.0262. The second kappa shape index (κ2) is 44.1. The smallest absolute Gasteiger partial charge is 0.472 e. The Morgan fingerprint density at radius 3 is 1.10 bits per heavy atom. The molecule has 1 amide bonds. The van der Waals surface area contributed by atoms with Crippen LogP contribution >= 0.6 is 7.82 Å². The number of phosphoric acid groups is 1. The van der Waals surface area contributed by atoms with E-state index in [9.17, 15) is 34.1 Å². The van der Waals surface area contributed by atoms with Crippen molar-refractivity contribution in [1.82, 2.24) is 5.32 Å². The molecule has 0 aliphatic carbocycles. The lowest BCUT2D eigenvalue weighted by atomic mass is 10.0. The molecule has 0 spiro atoms. The monoisotopic (exact) mass is 876 g/mol. The van der Waals surface area contributed by atoms with E-state index in [0.717, 1.165) is 38.5 Å². The van der Waals surface area contributed by atoms with Crippen molar-refractivity contribution in [2.45, 2.75) is 270 Å². The number of aliphatic hydroxyl groups is 1. The lowest BCUT2D eigenvalue weighted by Crippen LogP contribution is -2.43. The van der Waals surface area contributed by atoms with Gasteiger partial charge in [-0.05, 0) is 12.8 Å². The minimum Gasteiger partial charge on any atom is -0.480 e. The second-order valence-corrected chi connectivity index (χ2v) is 18.8. The summed E-state index contributed by atoms with van der Waals surface area (Å²) >= 11 is 0. The van der Waals surface area contributed by atoms with E-state index in [0.29, 0.717) is 12.8 Å². The number of carboxylic acids is 1. The summed E-state index contributed by atoms with van der Waals surface area (Å²) in [5.41, 5.74) is 0. The number of esters is 1. The maximum atomic E-state index is 12.4. The van der Waals surface area contributed by atoms with E-state index in [1.54, 1.807) is 0 Å². The third-order valence-corrected chi connectivity index (χ3v) is 12.3. The van der Waals surface area contributed by atoms with Gasteiger partial charge in [0.15, 0.2) is 6.04 Å². The maximum Gasteiger partial charge on any atom is 0.472 e. The average molecular weight is 876 g/mol. The number of rotatable bonds is 48. The normalized spacial score (nSPS) is 13.5. The number of hydrogen-bond donors (Lipinski definition) is 4. The van der Waals surface area contributed by atoms with Crippen LogP contribution in [0.1, 0.15) is 258 Å². The van der Waals surface area contributed by atoms with E-state index in [-0.39, 0.29) is 12.8 Å². The summed E-state index contributed by atoms with van der Waals surface area (Å²) in [5, 5.41) is 21.9. The molecular weight excluding hydrogens is 781 g/mol. The zero-order chi connectivity index (χ0) is 44.2. The van der Waals surface area contributed by atoms with Gasteiger partial charge >= 0.3 is 19.8 Å². The highest BCUT2D eigenvalue weighted by Gasteiger charge is 2.28. The zero-order valence-electron chi connectivity index (χ0n) is 38.8. The summed E-state index contributed by atoms with van der Waals surface area (Å²) in [6, 6.07) is -1.54. The molecule has 0 bridgehead atoms. The molecule has 60 heavy (non-hydrogen) atoms. The van der Waals surface area contributed by atoms with Gasteiger partial charge in [-0.25, -0.2) is 9.36 Å². The standard InChI is InChI=1S/C48H94NO10P/c1-3-5-7-9-11-13-15-17-19-21-22-24-25-27-29-31-33-35-37-39-46(51)49-45(48(53)54)43-59-60(55,56)58-42-44(50)41-57-47(52)40-38-36-34-32-30-28-26-23-20-18-16-14-12-10-8-6-4-2/h44-45,50H,3-43H2,1-2H3,(H,49,51)(H,53,54)(H,55,56). The van der Waals surface area contributed by atoms with Gasteiger partial charge in [-0.2, -0.15) is 0 Å². The summed E-state index contributed by atoms with van der Waals surface area (Å²) in [5.74, 6) is -2.35. The van der Waals surface area contributed by atoms with Crippen LogP contribution in [0.2, 0.25) is 0 Å². The van der Waals surface area contributed by atoms with E-state index in [4.69, 9.17) is 13.8 Å². The number of nitrogens with one attached hydrogen (secondary N) is 1. The molecule has 12 heteroatoms. The van der Waals surface area contributed by atoms with Crippen LogP contribution in [-0.2, 0) is 32.7 Å². The van der Waals surface area contributed by atoms with Crippen LogP contribution in [0.4, 0.5) is 0 Å². The Bertz CT molecular complexity index is 1030. The van der Waals surface area contributed by atoms with Crippen molar-refractivity contribution >= 4 is 25.7 Å². The molecule has 0 aliphatic rings.